The zero-order valence-electron chi connectivity index (χ0n) is 20.3. The topological polar surface area (TPSA) is 120 Å². The molecule has 1 saturated heterocycles. The number of aromatic nitrogens is 3. The van der Waals surface area contributed by atoms with Gasteiger partial charge >= 0.3 is 6.18 Å². The Morgan fingerprint density at radius 2 is 2.03 bits per heavy atom. The lowest BCUT2D eigenvalue weighted by atomic mass is 9.97. The molecule has 2 aromatic heterocycles. The van der Waals surface area contributed by atoms with Crippen LogP contribution in [0, 0.1) is 0 Å². The number of halogens is 3. The van der Waals surface area contributed by atoms with Crippen LogP contribution in [-0.2, 0) is 15.8 Å². The van der Waals surface area contributed by atoms with Crippen molar-refractivity contribution >= 4 is 34.1 Å². The summed E-state index contributed by atoms with van der Waals surface area (Å²) in [6.07, 6.45) is 2.63. The first-order valence-corrected chi connectivity index (χ1v) is 12.5. The first-order chi connectivity index (χ1) is 18.1. The number of thiazole rings is 1. The van der Waals surface area contributed by atoms with Gasteiger partial charge in [0.2, 0.25) is 11.8 Å². The molecule has 1 aliphatic rings. The molecule has 2 unspecified atom stereocenters. The van der Waals surface area contributed by atoms with Crippen molar-refractivity contribution in [3.05, 3.63) is 65.4 Å². The molecular formula is C25H25F3N6O3S. The third kappa shape index (κ3) is 7.21. The SMILES string of the molecule is CC(C(=O)Nc1ncc(C(F)(F)F)s1)c1cccc(-c2cnc(NC(=O)/C=C/CN3CCC(O)C3)cn2)c1. The van der Waals surface area contributed by atoms with Gasteiger partial charge in [0.25, 0.3) is 0 Å². The van der Waals surface area contributed by atoms with Gasteiger partial charge in [0, 0.05) is 31.3 Å². The van der Waals surface area contributed by atoms with Gasteiger partial charge in [-0.3, -0.25) is 19.5 Å². The lowest BCUT2D eigenvalue weighted by Gasteiger charge is -2.12. The Kier molecular flexibility index (Phi) is 8.49. The standard InChI is InChI=1S/C25H25F3N6O3S/c1-15(23(37)33-24-31-12-20(38-24)25(26,27)28)16-4-2-5-17(10-16)19-11-30-21(13-29-19)32-22(36)6-3-8-34-9-7-18(35)14-34/h2-6,10-13,15,18,35H,7-9,14H2,1H3,(H,30,32,36)(H,31,33,37)/b6-3+. The van der Waals surface area contributed by atoms with Gasteiger partial charge in [-0.05, 0) is 25.0 Å². The van der Waals surface area contributed by atoms with Gasteiger partial charge in [0.1, 0.15) is 4.88 Å². The molecule has 1 aromatic carbocycles. The molecular weight excluding hydrogens is 521 g/mol. The number of benzene rings is 1. The van der Waals surface area contributed by atoms with E-state index in [1.54, 1.807) is 37.3 Å². The number of aliphatic hydroxyl groups is 1. The fourth-order valence-corrected chi connectivity index (χ4v) is 4.48. The molecule has 1 fully saturated rings. The molecule has 4 rings (SSSR count). The molecule has 9 nitrogen and oxygen atoms in total. The highest BCUT2D eigenvalue weighted by Gasteiger charge is 2.33. The molecule has 3 N–H and O–H groups in total. The zero-order valence-corrected chi connectivity index (χ0v) is 21.1. The number of nitrogens with one attached hydrogen (secondary N) is 2. The lowest BCUT2D eigenvalue weighted by molar-refractivity contribution is -0.134. The molecule has 38 heavy (non-hydrogen) atoms. The number of carbonyl (C=O) groups is 2. The third-order valence-electron chi connectivity index (χ3n) is 5.87. The Morgan fingerprint density at radius 3 is 2.68 bits per heavy atom. The number of nitrogens with zero attached hydrogens (tertiary/aromatic N) is 4. The number of rotatable bonds is 8. The largest absolute Gasteiger partial charge is 0.427 e. The van der Waals surface area contributed by atoms with E-state index in [1.165, 1.54) is 18.5 Å². The molecule has 13 heteroatoms. The minimum atomic E-state index is -4.52. The van der Waals surface area contributed by atoms with Crippen LogP contribution >= 0.6 is 11.3 Å². The van der Waals surface area contributed by atoms with Crippen LogP contribution in [0.3, 0.4) is 0 Å². The van der Waals surface area contributed by atoms with E-state index in [9.17, 15) is 27.9 Å². The monoisotopic (exact) mass is 546 g/mol. The van der Waals surface area contributed by atoms with Gasteiger partial charge < -0.3 is 15.7 Å². The fourth-order valence-electron chi connectivity index (χ4n) is 3.79. The molecule has 0 radical (unpaired) electrons. The minimum Gasteiger partial charge on any atom is -0.392 e. The predicted octanol–water partition coefficient (Wildman–Crippen LogP) is 3.92. The number of amides is 2. The molecule has 0 bridgehead atoms. The number of carbonyl (C=O) groups excluding carboxylic acids is 2. The maximum Gasteiger partial charge on any atom is 0.427 e. The maximum atomic E-state index is 12.8. The van der Waals surface area contributed by atoms with Crippen molar-refractivity contribution in [2.45, 2.75) is 31.5 Å². The first-order valence-electron chi connectivity index (χ1n) is 11.7. The van der Waals surface area contributed by atoms with Gasteiger partial charge in [-0.2, -0.15) is 13.2 Å². The predicted molar refractivity (Wildman–Crippen MR) is 136 cm³/mol. The summed E-state index contributed by atoms with van der Waals surface area (Å²) < 4.78 is 38.3. The van der Waals surface area contributed by atoms with Crippen LogP contribution in [0.25, 0.3) is 11.3 Å². The number of β-amino-alcohol motifs (C(OH)–C–C–N with tert-alkyl or cyclic N) is 1. The van der Waals surface area contributed by atoms with E-state index in [0.29, 0.717) is 47.4 Å². The fraction of sp³-hybridized carbons (Fsp3) is 0.320. The molecule has 2 amide bonds. The van der Waals surface area contributed by atoms with Crippen molar-refractivity contribution in [2.24, 2.45) is 0 Å². The van der Waals surface area contributed by atoms with Crippen LogP contribution in [0.15, 0.2) is 55.0 Å². The Hall–Kier alpha value is -3.68. The summed E-state index contributed by atoms with van der Waals surface area (Å²) in [5.41, 5.74) is 1.81. The lowest BCUT2D eigenvalue weighted by Crippen LogP contribution is -2.22. The number of aliphatic hydroxyl groups excluding tert-OH is 1. The van der Waals surface area contributed by atoms with Crippen molar-refractivity contribution < 1.29 is 27.9 Å². The molecule has 3 aromatic rings. The Morgan fingerprint density at radius 1 is 1.21 bits per heavy atom. The smallest absolute Gasteiger partial charge is 0.392 e. The molecule has 0 saturated carbocycles. The average molecular weight is 547 g/mol. The van der Waals surface area contributed by atoms with Gasteiger partial charge in [-0.1, -0.05) is 35.6 Å². The summed E-state index contributed by atoms with van der Waals surface area (Å²) >= 11 is 0.364. The number of alkyl halides is 3. The van der Waals surface area contributed by atoms with Crippen LogP contribution < -0.4 is 10.6 Å². The molecule has 0 spiro atoms. The summed E-state index contributed by atoms with van der Waals surface area (Å²) in [6.45, 7) is 3.59. The molecule has 3 heterocycles. The number of likely N-dealkylation sites (tertiary alicyclic amines) is 1. The third-order valence-corrected chi connectivity index (χ3v) is 6.83. The highest BCUT2D eigenvalue weighted by Crippen LogP contribution is 2.35. The van der Waals surface area contributed by atoms with E-state index in [4.69, 9.17) is 0 Å². The van der Waals surface area contributed by atoms with Crippen LogP contribution in [0.4, 0.5) is 24.1 Å². The van der Waals surface area contributed by atoms with Crippen molar-refractivity contribution in [1.29, 1.82) is 0 Å². The minimum absolute atomic E-state index is 0.126. The number of anilines is 2. The molecule has 0 aliphatic carbocycles. The van der Waals surface area contributed by atoms with Crippen molar-refractivity contribution in [1.82, 2.24) is 19.9 Å². The number of hydrogen-bond donors (Lipinski definition) is 3. The summed E-state index contributed by atoms with van der Waals surface area (Å²) in [6, 6.07) is 6.99. The second-order valence-electron chi connectivity index (χ2n) is 8.74. The summed E-state index contributed by atoms with van der Waals surface area (Å²) in [4.78, 5) is 38.1. The highest BCUT2D eigenvalue weighted by atomic mass is 32.1. The first kappa shape index (κ1) is 27.4. The zero-order chi connectivity index (χ0) is 27.3. The van der Waals surface area contributed by atoms with E-state index in [-0.39, 0.29) is 23.0 Å². The van der Waals surface area contributed by atoms with Crippen LogP contribution in [0.2, 0.25) is 0 Å². The van der Waals surface area contributed by atoms with Gasteiger partial charge in [-0.15, -0.1) is 0 Å². The van der Waals surface area contributed by atoms with Crippen LogP contribution in [0.5, 0.6) is 0 Å². The summed E-state index contributed by atoms with van der Waals surface area (Å²) in [5, 5.41) is 14.5. The molecule has 200 valence electrons. The van der Waals surface area contributed by atoms with Crippen LogP contribution in [0.1, 0.15) is 29.7 Å². The van der Waals surface area contributed by atoms with Gasteiger partial charge in [0.05, 0.1) is 36.3 Å². The van der Waals surface area contributed by atoms with Gasteiger partial charge in [-0.25, -0.2) is 9.97 Å². The summed E-state index contributed by atoms with van der Waals surface area (Å²) in [5.74, 6) is -1.25. The normalized spacial score (nSPS) is 17.0. The second kappa shape index (κ2) is 11.8. The maximum absolute atomic E-state index is 12.8. The summed E-state index contributed by atoms with van der Waals surface area (Å²) in [7, 11) is 0. The highest BCUT2D eigenvalue weighted by molar-refractivity contribution is 7.15. The van der Waals surface area contributed by atoms with E-state index < -0.39 is 22.9 Å². The Labute approximate surface area is 220 Å². The Balaban J connectivity index is 1.34. The van der Waals surface area contributed by atoms with E-state index >= 15 is 0 Å². The van der Waals surface area contributed by atoms with Crippen LogP contribution in [-0.4, -0.2) is 62.5 Å². The second-order valence-corrected chi connectivity index (χ2v) is 9.78. The van der Waals surface area contributed by atoms with Crippen molar-refractivity contribution in [2.75, 3.05) is 30.3 Å². The van der Waals surface area contributed by atoms with Gasteiger partial charge in [0.15, 0.2) is 10.9 Å². The Bertz CT molecular complexity index is 1310. The van der Waals surface area contributed by atoms with E-state index in [0.717, 1.165) is 13.0 Å². The molecule has 2 atom stereocenters. The van der Waals surface area contributed by atoms with Crippen molar-refractivity contribution in [3.8, 4) is 11.3 Å². The van der Waals surface area contributed by atoms with E-state index in [1.807, 2.05) is 4.90 Å². The number of hydrogen-bond acceptors (Lipinski definition) is 8. The quantitative estimate of drug-likeness (QED) is 0.366. The van der Waals surface area contributed by atoms with Crippen molar-refractivity contribution in [3.63, 3.8) is 0 Å². The van der Waals surface area contributed by atoms with E-state index in [2.05, 4.69) is 25.6 Å². The average Bonchev–Trinajstić information content (AvgIpc) is 3.53. The molecule has 1 aliphatic heterocycles.